The van der Waals surface area contributed by atoms with E-state index in [0.29, 0.717) is 6.42 Å². The van der Waals surface area contributed by atoms with Crippen LogP contribution in [0.2, 0.25) is 0 Å². The van der Waals surface area contributed by atoms with E-state index in [2.05, 4.69) is 0 Å². The smallest absolute Gasteiger partial charge is 0.116 e. The summed E-state index contributed by atoms with van der Waals surface area (Å²) in [5.74, 6) is 0. The van der Waals surface area contributed by atoms with Gasteiger partial charge in [0.25, 0.3) is 0 Å². The first kappa shape index (κ1) is 9.22. The Morgan fingerprint density at radius 2 is 2.00 bits per heavy atom. The molecule has 0 amide bonds. The summed E-state index contributed by atoms with van der Waals surface area (Å²) in [5.41, 5.74) is 0. The van der Waals surface area contributed by atoms with Crippen LogP contribution in [0.25, 0.3) is 0 Å². The fourth-order valence-corrected chi connectivity index (χ4v) is 0.838. The second kappa shape index (κ2) is 5.04. The van der Waals surface area contributed by atoms with Gasteiger partial charge in [0.2, 0.25) is 0 Å². The summed E-state index contributed by atoms with van der Waals surface area (Å²) in [6.45, 7) is 3.87. The molecule has 0 aromatic carbocycles. The molecule has 0 aliphatic carbocycles. The van der Waals surface area contributed by atoms with Gasteiger partial charge in [0.1, 0.15) is 6.17 Å². The van der Waals surface area contributed by atoms with Crippen LogP contribution in [-0.2, 0) is 0 Å². The van der Waals surface area contributed by atoms with E-state index >= 15 is 0 Å². The number of hydrogen-bond acceptors (Lipinski definition) is 0. The Balaban J connectivity index is 3.32. The molecule has 0 aliphatic rings. The van der Waals surface area contributed by atoms with Crippen molar-refractivity contribution in [3.63, 3.8) is 0 Å². The van der Waals surface area contributed by atoms with E-state index < -0.39 is 6.17 Å². The largest absolute Gasteiger partial charge is 0.246 e. The number of hydrogen-bond donors (Lipinski definition) is 0. The van der Waals surface area contributed by atoms with E-state index in [1.54, 1.807) is 0 Å². The molecule has 0 N–H and O–H groups in total. The fourth-order valence-electron chi connectivity index (χ4n) is 0.712. The quantitative estimate of drug-likeness (QED) is 0.543. The monoisotopic (exact) mass is 152 g/mol. The van der Waals surface area contributed by atoms with E-state index in [1.165, 1.54) is 0 Å². The lowest BCUT2D eigenvalue weighted by atomic mass is 10.1. The van der Waals surface area contributed by atoms with Crippen LogP contribution in [0.1, 0.15) is 33.1 Å². The maximum Gasteiger partial charge on any atom is 0.116 e. The van der Waals surface area contributed by atoms with Crippen molar-refractivity contribution in [3.8, 4) is 0 Å². The second-order valence-electron chi connectivity index (χ2n) is 2.23. The highest BCUT2D eigenvalue weighted by Gasteiger charge is 2.14. The summed E-state index contributed by atoms with van der Waals surface area (Å²) >= 11 is 5.62. The highest BCUT2D eigenvalue weighted by Crippen LogP contribution is 2.15. The van der Waals surface area contributed by atoms with Crippen molar-refractivity contribution in [2.24, 2.45) is 0 Å². The average Bonchev–Trinajstić information content (AvgIpc) is 1.87. The highest BCUT2D eigenvalue weighted by molar-refractivity contribution is 6.20. The van der Waals surface area contributed by atoms with Crippen LogP contribution in [0.5, 0.6) is 0 Å². The Labute approximate surface area is 61.4 Å². The Morgan fingerprint density at radius 3 is 2.33 bits per heavy atom. The molecule has 0 radical (unpaired) electrons. The van der Waals surface area contributed by atoms with Crippen LogP contribution >= 0.6 is 11.6 Å². The number of alkyl halides is 2. The van der Waals surface area contributed by atoms with Crippen molar-refractivity contribution < 1.29 is 4.39 Å². The van der Waals surface area contributed by atoms with E-state index in [9.17, 15) is 4.39 Å². The van der Waals surface area contributed by atoms with Gasteiger partial charge in [0.05, 0.1) is 5.38 Å². The number of rotatable bonds is 4. The van der Waals surface area contributed by atoms with Crippen LogP contribution in [0.3, 0.4) is 0 Å². The second-order valence-corrected chi connectivity index (χ2v) is 2.79. The first-order valence-corrected chi connectivity index (χ1v) is 3.94. The van der Waals surface area contributed by atoms with Crippen molar-refractivity contribution in [1.82, 2.24) is 0 Å². The molecular weight excluding hydrogens is 139 g/mol. The molecule has 2 heteroatoms. The van der Waals surface area contributed by atoms with Gasteiger partial charge in [0, 0.05) is 0 Å². The summed E-state index contributed by atoms with van der Waals surface area (Å²) in [5, 5.41) is -0.273. The molecule has 0 aromatic heterocycles. The van der Waals surface area contributed by atoms with Gasteiger partial charge in [0.15, 0.2) is 0 Å². The molecule has 56 valence electrons. The third kappa shape index (κ3) is 3.74. The fraction of sp³-hybridized carbons (Fsp3) is 1.00. The van der Waals surface area contributed by atoms with Crippen LogP contribution in [-0.4, -0.2) is 11.5 Å². The minimum atomic E-state index is -0.804. The molecule has 9 heavy (non-hydrogen) atoms. The SMILES string of the molecule is CCCC(F)C(Cl)CC. The summed E-state index contributed by atoms with van der Waals surface area (Å²) in [7, 11) is 0. The highest BCUT2D eigenvalue weighted by atomic mass is 35.5. The molecule has 0 fully saturated rings. The van der Waals surface area contributed by atoms with E-state index in [0.717, 1.165) is 12.8 Å². The van der Waals surface area contributed by atoms with Gasteiger partial charge < -0.3 is 0 Å². The summed E-state index contributed by atoms with van der Waals surface area (Å²) in [4.78, 5) is 0. The minimum Gasteiger partial charge on any atom is -0.246 e. The molecule has 0 bridgehead atoms. The zero-order chi connectivity index (χ0) is 7.28. The van der Waals surface area contributed by atoms with Crippen LogP contribution in [0.15, 0.2) is 0 Å². The number of halogens is 2. The first-order chi connectivity index (χ1) is 4.22. The molecule has 0 heterocycles. The molecule has 2 atom stereocenters. The van der Waals surface area contributed by atoms with Crippen LogP contribution < -0.4 is 0 Å². The molecule has 0 saturated heterocycles. The van der Waals surface area contributed by atoms with Gasteiger partial charge in [-0.15, -0.1) is 11.6 Å². The van der Waals surface area contributed by atoms with Crippen molar-refractivity contribution in [3.05, 3.63) is 0 Å². The van der Waals surface area contributed by atoms with Crippen LogP contribution in [0, 0.1) is 0 Å². The molecule has 0 spiro atoms. The van der Waals surface area contributed by atoms with Gasteiger partial charge in [-0.2, -0.15) is 0 Å². The van der Waals surface area contributed by atoms with Crippen molar-refractivity contribution in [1.29, 1.82) is 0 Å². The normalized spacial score (nSPS) is 17.3. The lowest BCUT2D eigenvalue weighted by molar-refractivity contribution is 0.297. The zero-order valence-corrected chi connectivity index (χ0v) is 6.79. The standard InChI is InChI=1S/C7H14ClF/c1-3-5-7(9)6(8)4-2/h6-7H,3-5H2,1-2H3. The van der Waals surface area contributed by atoms with Crippen LogP contribution in [0.4, 0.5) is 4.39 Å². The lowest BCUT2D eigenvalue weighted by Crippen LogP contribution is -2.14. The molecular formula is C7H14ClF. The molecule has 0 aliphatic heterocycles. The van der Waals surface area contributed by atoms with Crippen molar-refractivity contribution in [2.75, 3.05) is 0 Å². The molecule has 0 rings (SSSR count). The average molecular weight is 153 g/mol. The van der Waals surface area contributed by atoms with E-state index in [4.69, 9.17) is 11.6 Å². The molecule has 0 aromatic rings. The zero-order valence-electron chi connectivity index (χ0n) is 6.03. The molecule has 2 unspecified atom stereocenters. The van der Waals surface area contributed by atoms with E-state index in [-0.39, 0.29) is 5.38 Å². The van der Waals surface area contributed by atoms with Gasteiger partial charge in [-0.25, -0.2) is 4.39 Å². The molecule has 0 nitrogen and oxygen atoms in total. The summed E-state index contributed by atoms with van der Waals surface area (Å²) in [6.07, 6.45) is 1.40. The van der Waals surface area contributed by atoms with Gasteiger partial charge in [-0.3, -0.25) is 0 Å². The minimum absolute atomic E-state index is 0.273. The Hall–Kier alpha value is 0.220. The van der Waals surface area contributed by atoms with Gasteiger partial charge in [-0.05, 0) is 12.8 Å². The predicted octanol–water partition coefficient (Wildman–Crippen LogP) is 3.14. The van der Waals surface area contributed by atoms with Gasteiger partial charge in [-0.1, -0.05) is 20.3 Å². The molecule has 0 saturated carbocycles. The topological polar surface area (TPSA) is 0 Å². The van der Waals surface area contributed by atoms with E-state index in [1.807, 2.05) is 13.8 Å². The summed E-state index contributed by atoms with van der Waals surface area (Å²) in [6, 6.07) is 0. The maximum absolute atomic E-state index is 12.7. The Bertz CT molecular complexity index is 65.9. The summed E-state index contributed by atoms with van der Waals surface area (Å²) < 4.78 is 12.7. The Kier molecular flexibility index (Phi) is 5.16. The lowest BCUT2D eigenvalue weighted by Gasteiger charge is -2.10. The first-order valence-electron chi connectivity index (χ1n) is 3.50. The van der Waals surface area contributed by atoms with Gasteiger partial charge >= 0.3 is 0 Å². The van der Waals surface area contributed by atoms with Crippen molar-refractivity contribution >= 4 is 11.6 Å². The third-order valence-electron chi connectivity index (χ3n) is 1.35. The van der Waals surface area contributed by atoms with Crippen molar-refractivity contribution in [2.45, 2.75) is 44.7 Å². The predicted molar refractivity (Wildman–Crippen MR) is 39.7 cm³/mol. The maximum atomic E-state index is 12.7. The Morgan fingerprint density at radius 1 is 1.44 bits per heavy atom. The third-order valence-corrected chi connectivity index (χ3v) is 1.93.